The molecule has 1 N–H and O–H groups in total. The second kappa shape index (κ2) is 4.72. The van der Waals surface area contributed by atoms with Gasteiger partial charge in [-0.2, -0.15) is 0 Å². The van der Waals surface area contributed by atoms with Crippen LogP contribution in [-0.4, -0.2) is 42.0 Å². The van der Waals surface area contributed by atoms with Gasteiger partial charge in [-0.3, -0.25) is 4.90 Å². The maximum atomic E-state index is 11.3. The lowest BCUT2D eigenvalue weighted by molar-refractivity contribution is -0.273. The number of fused-ring (bicyclic) bond motifs is 4. The highest BCUT2D eigenvalue weighted by Gasteiger charge is 2.71. The fourth-order valence-electron chi connectivity index (χ4n) is 9.25. The molecule has 5 aliphatic carbocycles. The quantitative estimate of drug-likeness (QED) is 0.683. The van der Waals surface area contributed by atoms with Crippen molar-refractivity contribution < 1.29 is 9.84 Å². The predicted octanol–water partition coefficient (Wildman–Crippen LogP) is 3.58. The summed E-state index contributed by atoms with van der Waals surface area (Å²) >= 11 is 0. The highest BCUT2D eigenvalue weighted by atomic mass is 16.5. The van der Waals surface area contributed by atoms with E-state index in [1.54, 1.807) is 0 Å². The average molecular weight is 344 g/mol. The zero-order chi connectivity index (χ0) is 17.0. The Kier molecular flexibility index (Phi) is 2.95. The van der Waals surface area contributed by atoms with Crippen LogP contribution in [0.15, 0.2) is 12.2 Å². The molecule has 3 nitrogen and oxygen atoms in total. The molecule has 3 heteroatoms. The van der Waals surface area contributed by atoms with Crippen molar-refractivity contribution in [3.05, 3.63) is 12.2 Å². The first kappa shape index (κ1) is 15.7. The van der Waals surface area contributed by atoms with Crippen LogP contribution in [0, 0.1) is 34.0 Å². The third-order valence-corrected chi connectivity index (χ3v) is 10.1. The van der Waals surface area contributed by atoms with Gasteiger partial charge in [0.1, 0.15) is 6.23 Å². The molecular weight excluding hydrogens is 310 g/mol. The van der Waals surface area contributed by atoms with Gasteiger partial charge in [0.2, 0.25) is 0 Å². The van der Waals surface area contributed by atoms with Crippen LogP contribution in [0.1, 0.15) is 58.3 Å². The highest BCUT2D eigenvalue weighted by Crippen LogP contribution is 2.74. The number of ether oxygens (including phenoxy) is 1. The largest absolute Gasteiger partial charge is 0.388 e. The number of hydrogen-bond acceptors (Lipinski definition) is 3. The lowest BCUT2D eigenvalue weighted by Crippen LogP contribution is -2.72. The molecule has 5 saturated carbocycles. The van der Waals surface area contributed by atoms with Crippen LogP contribution < -0.4 is 0 Å². The van der Waals surface area contributed by atoms with E-state index < -0.39 is 0 Å². The van der Waals surface area contributed by atoms with E-state index in [0.29, 0.717) is 28.9 Å². The Morgan fingerprint density at radius 1 is 1.12 bits per heavy atom. The van der Waals surface area contributed by atoms with E-state index in [2.05, 4.69) is 18.4 Å². The Morgan fingerprint density at radius 3 is 2.84 bits per heavy atom. The zero-order valence-corrected chi connectivity index (χ0v) is 15.7. The van der Waals surface area contributed by atoms with Crippen molar-refractivity contribution in [2.45, 2.75) is 70.6 Å². The number of piperidine rings is 1. The van der Waals surface area contributed by atoms with Crippen LogP contribution in [0.2, 0.25) is 0 Å². The molecule has 4 bridgehead atoms. The Morgan fingerprint density at radius 2 is 1.96 bits per heavy atom. The van der Waals surface area contributed by atoms with Gasteiger partial charge in [-0.15, -0.1) is 0 Å². The Bertz CT molecular complexity index is 634. The third-order valence-electron chi connectivity index (χ3n) is 10.1. The summed E-state index contributed by atoms with van der Waals surface area (Å²) in [6.07, 6.45) is 10.6. The first-order valence-electron chi connectivity index (χ1n) is 10.7. The third kappa shape index (κ3) is 1.62. The molecule has 7 rings (SSSR count). The summed E-state index contributed by atoms with van der Waals surface area (Å²) in [6.45, 7) is 10.1. The van der Waals surface area contributed by atoms with Crippen LogP contribution in [0.25, 0.3) is 0 Å². The molecule has 2 saturated heterocycles. The normalized spacial score (nSPS) is 60.1. The standard InChI is InChI=1S/C22H33NO2/c1-14-15-4-8-21(18(14)24)9-5-16-20(2)6-3-7-22(16,17(21)12-15)13-23-10-11-25-19(20)23/h15-19,24H,1,3-13H2,2H3/t15-,16+,17+,18+,19-,20-,21-,22-/m0/s1. The minimum atomic E-state index is -0.235. The first-order valence-corrected chi connectivity index (χ1v) is 10.7. The number of hydrogen-bond donors (Lipinski definition) is 1. The monoisotopic (exact) mass is 343 g/mol. The molecule has 25 heavy (non-hydrogen) atoms. The van der Waals surface area contributed by atoms with Crippen molar-refractivity contribution in [3.8, 4) is 0 Å². The molecule has 7 aliphatic rings. The molecule has 0 amide bonds. The minimum absolute atomic E-state index is 0.147. The van der Waals surface area contributed by atoms with Gasteiger partial charge in [-0.05, 0) is 73.7 Å². The van der Waals surface area contributed by atoms with E-state index in [9.17, 15) is 5.11 Å². The van der Waals surface area contributed by atoms with Crippen molar-refractivity contribution in [2.24, 2.45) is 34.0 Å². The summed E-state index contributed by atoms with van der Waals surface area (Å²) in [5.74, 6) is 2.08. The number of aliphatic hydroxyl groups excluding tert-OH is 1. The van der Waals surface area contributed by atoms with E-state index >= 15 is 0 Å². The summed E-state index contributed by atoms with van der Waals surface area (Å²) in [5, 5.41) is 11.3. The summed E-state index contributed by atoms with van der Waals surface area (Å²) in [5.41, 5.74) is 2.07. The smallest absolute Gasteiger partial charge is 0.116 e. The van der Waals surface area contributed by atoms with Crippen LogP contribution in [0.3, 0.4) is 0 Å². The van der Waals surface area contributed by atoms with Gasteiger partial charge in [-0.1, -0.05) is 19.9 Å². The predicted molar refractivity (Wildman–Crippen MR) is 96.8 cm³/mol. The van der Waals surface area contributed by atoms with Gasteiger partial charge in [0.25, 0.3) is 0 Å². The fraction of sp³-hybridized carbons (Fsp3) is 0.909. The first-order chi connectivity index (χ1) is 12.0. The van der Waals surface area contributed by atoms with E-state index in [1.807, 2.05) is 0 Å². The molecule has 2 aliphatic heterocycles. The summed E-state index contributed by atoms with van der Waals surface area (Å²) < 4.78 is 6.29. The molecule has 0 aromatic rings. The summed E-state index contributed by atoms with van der Waals surface area (Å²) in [7, 11) is 0. The average Bonchev–Trinajstić information content (AvgIpc) is 3.07. The molecule has 2 heterocycles. The van der Waals surface area contributed by atoms with E-state index in [-0.39, 0.29) is 11.5 Å². The number of rotatable bonds is 0. The lowest BCUT2D eigenvalue weighted by atomic mass is 9.34. The van der Waals surface area contributed by atoms with Crippen LogP contribution in [-0.2, 0) is 4.74 Å². The van der Waals surface area contributed by atoms with Crippen LogP contribution >= 0.6 is 0 Å². The van der Waals surface area contributed by atoms with Gasteiger partial charge in [0.15, 0.2) is 0 Å². The molecule has 7 fully saturated rings. The summed E-state index contributed by atoms with van der Waals surface area (Å²) in [4.78, 5) is 2.69. The van der Waals surface area contributed by atoms with Gasteiger partial charge in [-0.25, -0.2) is 0 Å². The maximum absolute atomic E-state index is 11.3. The second-order valence-corrected chi connectivity index (χ2v) is 10.6. The molecule has 0 aromatic carbocycles. The van der Waals surface area contributed by atoms with E-state index in [0.717, 1.165) is 19.1 Å². The van der Waals surface area contributed by atoms with Gasteiger partial charge in [0, 0.05) is 23.9 Å². The molecule has 8 atom stereocenters. The fourth-order valence-corrected chi connectivity index (χ4v) is 9.25. The van der Waals surface area contributed by atoms with Gasteiger partial charge in [0.05, 0.1) is 12.7 Å². The van der Waals surface area contributed by atoms with Crippen molar-refractivity contribution in [2.75, 3.05) is 19.7 Å². The second-order valence-electron chi connectivity index (χ2n) is 10.6. The molecular formula is C22H33NO2. The Balaban J connectivity index is 1.49. The molecule has 1 spiro atoms. The van der Waals surface area contributed by atoms with Crippen molar-refractivity contribution in [1.82, 2.24) is 4.90 Å². The van der Waals surface area contributed by atoms with E-state index in [4.69, 9.17) is 4.74 Å². The molecule has 0 unspecified atom stereocenters. The van der Waals surface area contributed by atoms with Crippen molar-refractivity contribution >= 4 is 0 Å². The number of aliphatic hydroxyl groups is 1. The Hall–Kier alpha value is -0.380. The van der Waals surface area contributed by atoms with Gasteiger partial charge >= 0.3 is 0 Å². The molecule has 0 radical (unpaired) electrons. The SMILES string of the molecule is C=C1[C@H]2CC[C@@]3(CC[C@@H]4[C@]5(C)CCC[C@@]4(CN4CCO[C@H]45)[C@@H]3C2)[C@@H]1O. The van der Waals surface area contributed by atoms with Crippen LogP contribution in [0.5, 0.6) is 0 Å². The minimum Gasteiger partial charge on any atom is -0.388 e. The zero-order valence-electron chi connectivity index (χ0n) is 15.7. The molecule has 0 aromatic heterocycles. The van der Waals surface area contributed by atoms with Crippen LogP contribution in [0.4, 0.5) is 0 Å². The molecule has 138 valence electrons. The van der Waals surface area contributed by atoms with Crippen molar-refractivity contribution in [1.29, 1.82) is 0 Å². The topological polar surface area (TPSA) is 32.7 Å². The number of nitrogens with zero attached hydrogens (tertiary/aromatic N) is 1. The highest BCUT2D eigenvalue weighted by molar-refractivity contribution is 5.28. The van der Waals surface area contributed by atoms with Gasteiger partial charge < -0.3 is 9.84 Å². The Labute approximate surface area is 151 Å². The van der Waals surface area contributed by atoms with Crippen molar-refractivity contribution in [3.63, 3.8) is 0 Å². The van der Waals surface area contributed by atoms with E-state index in [1.165, 1.54) is 63.5 Å². The summed E-state index contributed by atoms with van der Waals surface area (Å²) in [6, 6.07) is 0. The maximum Gasteiger partial charge on any atom is 0.116 e. The lowest BCUT2D eigenvalue weighted by Gasteiger charge is -2.73.